The predicted octanol–water partition coefficient (Wildman–Crippen LogP) is 4.06. The van der Waals surface area contributed by atoms with Gasteiger partial charge >= 0.3 is 0 Å². The monoisotopic (exact) mass is 403 g/mol. The van der Waals surface area contributed by atoms with Crippen LogP contribution in [-0.2, 0) is 24.2 Å². The van der Waals surface area contributed by atoms with Gasteiger partial charge in [0.25, 0.3) is 5.91 Å². The average molecular weight is 403 g/mol. The highest BCUT2D eigenvalue weighted by Crippen LogP contribution is 2.24. The third-order valence-corrected chi connectivity index (χ3v) is 5.39. The smallest absolute Gasteiger partial charge is 0.292 e. The highest BCUT2D eigenvalue weighted by Gasteiger charge is 2.24. The highest BCUT2D eigenvalue weighted by molar-refractivity contribution is 5.92. The van der Waals surface area contributed by atoms with Gasteiger partial charge in [-0.05, 0) is 55.5 Å². The summed E-state index contributed by atoms with van der Waals surface area (Å²) in [5.74, 6) is 0.0849. The molecular weight excluding hydrogens is 378 g/mol. The van der Waals surface area contributed by atoms with Crippen molar-refractivity contribution in [1.29, 1.82) is 0 Å². The first kappa shape index (κ1) is 19.9. The van der Waals surface area contributed by atoms with Crippen LogP contribution >= 0.6 is 0 Å². The standard InChI is InChI=1S/C24H25N3O3/c1-16-3-5-18(6-4-16)7-10-23(28)25-21-9-8-19-11-12-27(15-20(19)14-21)24(29)22-13-17(2)26-30-22/h3-6,8-9,13-14H,7,10-12,15H2,1-2H3,(H,25,28). The van der Waals surface area contributed by atoms with Gasteiger partial charge < -0.3 is 14.7 Å². The molecule has 3 aromatic rings. The van der Waals surface area contributed by atoms with Crippen LogP contribution in [0.4, 0.5) is 5.69 Å². The molecular formula is C24H25N3O3. The molecule has 0 spiro atoms. The van der Waals surface area contributed by atoms with Crippen molar-refractivity contribution >= 4 is 17.5 Å². The largest absolute Gasteiger partial charge is 0.351 e. The molecule has 6 nitrogen and oxygen atoms in total. The van der Waals surface area contributed by atoms with Crippen molar-refractivity contribution in [3.63, 3.8) is 0 Å². The number of nitrogens with zero attached hydrogens (tertiary/aromatic N) is 2. The Labute approximate surface area is 175 Å². The Kier molecular flexibility index (Phi) is 5.65. The third kappa shape index (κ3) is 4.59. The molecule has 154 valence electrons. The first-order chi connectivity index (χ1) is 14.5. The number of anilines is 1. The SMILES string of the molecule is Cc1ccc(CCC(=O)Nc2ccc3c(c2)CN(C(=O)c2cc(C)no2)CC3)cc1. The second kappa shape index (κ2) is 8.53. The average Bonchev–Trinajstić information content (AvgIpc) is 3.18. The van der Waals surface area contributed by atoms with Gasteiger partial charge in [-0.25, -0.2) is 0 Å². The topological polar surface area (TPSA) is 75.4 Å². The number of fused-ring (bicyclic) bond motifs is 1. The minimum atomic E-state index is -0.159. The number of aromatic nitrogens is 1. The zero-order chi connectivity index (χ0) is 21.1. The maximum absolute atomic E-state index is 12.6. The number of hydrogen-bond donors (Lipinski definition) is 1. The molecule has 1 aliphatic rings. The number of aryl methyl sites for hydroxylation is 3. The number of carbonyl (C=O) groups excluding carboxylic acids is 2. The van der Waals surface area contributed by atoms with E-state index in [1.54, 1.807) is 17.9 Å². The summed E-state index contributed by atoms with van der Waals surface area (Å²) < 4.78 is 5.12. The molecule has 2 aromatic carbocycles. The van der Waals surface area contributed by atoms with Crippen LogP contribution in [0.3, 0.4) is 0 Å². The zero-order valence-electron chi connectivity index (χ0n) is 17.3. The number of hydrogen-bond acceptors (Lipinski definition) is 4. The zero-order valence-corrected chi connectivity index (χ0v) is 17.3. The van der Waals surface area contributed by atoms with E-state index in [0.29, 0.717) is 31.6 Å². The molecule has 1 aliphatic heterocycles. The van der Waals surface area contributed by atoms with E-state index in [1.165, 1.54) is 11.1 Å². The van der Waals surface area contributed by atoms with Gasteiger partial charge in [0.2, 0.25) is 11.7 Å². The van der Waals surface area contributed by atoms with E-state index in [0.717, 1.165) is 23.2 Å². The molecule has 0 unspecified atom stereocenters. The highest BCUT2D eigenvalue weighted by atomic mass is 16.5. The van der Waals surface area contributed by atoms with Crippen LogP contribution in [0.15, 0.2) is 53.1 Å². The van der Waals surface area contributed by atoms with E-state index in [1.807, 2.05) is 25.1 Å². The lowest BCUT2D eigenvalue weighted by Gasteiger charge is -2.28. The number of carbonyl (C=O) groups is 2. The summed E-state index contributed by atoms with van der Waals surface area (Å²) in [5.41, 5.74) is 6.05. The van der Waals surface area contributed by atoms with Crippen molar-refractivity contribution in [2.24, 2.45) is 0 Å². The molecule has 1 aromatic heterocycles. The maximum atomic E-state index is 12.6. The van der Waals surface area contributed by atoms with Crippen LogP contribution in [-0.4, -0.2) is 28.4 Å². The minimum absolute atomic E-state index is 0.0172. The van der Waals surface area contributed by atoms with Crippen LogP contribution in [0, 0.1) is 13.8 Å². The van der Waals surface area contributed by atoms with Crippen LogP contribution in [0.1, 0.15) is 44.9 Å². The molecule has 0 bridgehead atoms. The Morgan fingerprint density at radius 1 is 1.07 bits per heavy atom. The number of benzene rings is 2. The van der Waals surface area contributed by atoms with E-state index < -0.39 is 0 Å². The predicted molar refractivity (Wildman–Crippen MR) is 114 cm³/mol. The molecule has 0 atom stereocenters. The Morgan fingerprint density at radius 3 is 2.60 bits per heavy atom. The van der Waals surface area contributed by atoms with Crippen molar-refractivity contribution in [2.45, 2.75) is 39.7 Å². The van der Waals surface area contributed by atoms with Crippen LogP contribution in [0.25, 0.3) is 0 Å². The van der Waals surface area contributed by atoms with Crippen LogP contribution in [0.2, 0.25) is 0 Å². The van der Waals surface area contributed by atoms with E-state index in [-0.39, 0.29) is 17.6 Å². The molecule has 0 saturated carbocycles. The van der Waals surface area contributed by atoms with Crippen molar-refractivity contribution < 1.29 is 14.1 Å². The van der Waals surface area contributed by atoms with Gasteiger partial charge in [-0.2, -0.15) is 0 Å². The van der Waals surface area contributed by atoms with Crippen LogP contribution < -0.4 is 5.32 Å². The Balaban J connectivity index is 1.38. The second-order valence-electron chi connectivity index (χ2n) is 7.83. The minimum Gasteiger partial charge on any atom is -0.351 e. The quantitative estimate of drug-likeness (QED) is 0.697. The van der Waals surface area contributed by atoms with Gasteiger partial charge in [0.15, 0.2) is 0 Å². The van der Waals surface area contributed by atoms with Gasteiger partial charge in [0.1, 0.15) is 0 Å². The molecule has 1 N–H and O–H groups in total. The Bertz CT molecular complexity index is 1070. The van der Waals surface area contributed by atoms with Gasteiger partial charge in [0, 0.05) is 31.3 Å². The fourth-order valence-corrected chi connectivity index (χ4v) is 3.66. The van der Waals surface area contributed by atoms with Crippen molar-refractivity contribution in [3.8, 4) is 0 Å². The molecule has 0 radical (unpaired) electrons. The summed E-state index contributed by atoms with van der Waals surface area (Å²) in [6, 6.07) is 15.8. The molecule has 2 heterocycles. The van der Waals surface area contributed by atoms with E-state index in [2.05, 4.69) is 34.7 Å². The number of nitrogens with one attached hydrogen (secondary N) is 1. The molecule has 2 amide bonds. The van der Waals surface area contributed by atoms with E-state index in [9.17, 15) is 9.59 Å². The summed E-state index contributed by atoms with van der Waals surface area (Å²) in [6.07, 6.45) is 1.90. The molecule has 4 rings (SSSR count). The van der Waals surface area contributed by atoms with Crippen LogP contribution in [0.5, 0.6) is 0 Å². The van der Waals surface area contributed by atoms with E-state index >= 15 is 0 Å². The lowest BCUT2D eigenvalue weighted by molar-refractivity contribution is -0.116. The summed E-state index contributed by atoms with van der Waals surface area (Å²) in [7, 11) is 0. The summed E-state index contributed by atoms with van der Waals surface area (Å²) >= 11 is 0. The first-order valence-electron chi connectivity index (χ1n) is 10.2. The van der Waals surface area contributed by atoms with Crippen molar-refractivity contribution in [2.75, 3.05) is 11.9 Å². The maximum Gasteiger partial charge on any atom is 0.292 e. The first-order valence-corrected chi connectivity index (χ1v) is 10.2. The van der Waals surface area contributed by atoms with Gasteiger partial charge in [-0.15, -0.1) is 0 Å². The third-order valence-electron chi connectivity index (χ3n) is 5.39. The lowest BCUT2D eigenvalue weighted by Crippen LogP contribution is -2.35. The summed E-state index contributed by atoms with van der Waals surface area (Å²) in [4.78, 5) is 26.8. The molecule has 0 fully saturated rings. The number of amides is 2. The normalized spacial score (nSPS) is 13.1. The summed E-state index contributed by atoms with van der Waals surface area (Å²) in [6.45, 7) is 4.96. The fourth-order valence-electron chi connectivity index (χ4n) is 3.66. The molecule has 30 heavy (non-hydrogen) atoms. The van der Waals surface area contributed by atoms with Gasteiger partial charge in [0.05, 0.1) is 5.69 Å². The van der Waals surface area contributed by atoms with Crippen molar-refractivity contribution in [1.82, 2.24) is 10.1 Å². The lowest BCUT2D eigenvalue weighted by atomic mass is 9.98. The van der Waals surface area contributed by atoms with Gasteiger partial charge in [-0.3, -0.25) is 9.59 Å². The second-order valence-corrected chi connectivity index (χ2v) is 7.83. The van der Waals surface area contributed by atoms with E-state index in [4.69, 9.17) is 4.52 Å². The molecule has 0 aliphatic carbocycles. The van der Waals surface area contributed by atoms with Gasteiger partial charge in [-0.1, -0.05) is 41.1 Å². The summed E-state index contributed by atoms with van der Waals surface area (Å²) in [5, 5.41) is 6.78. The molecule has 0 saturated heterocycles. The number of rotatable bonds is 5. The Morgan fingerprint density at radius 2 is 1.87 bits per heavy atom. The Hall–Kier alpha value is -3.41. The fraction of sp³-hybridized carbons (Fsp3) is 0.292. The molecule has 6 heteroatoms. The van der Waals surface area contributed by atoms with Crippen molar-refractivity contribution in [3.05, 3.63) is 82.2 Å².